The molecule has 19 heavy (non-hydrogen) atoms. The van der Waals surface area contributed by atoms with Gasteiger partial charge in [0.05, 0.1) is 18.1 Å². The lowest BCUT2D eigenvalue weighted by Crippen LogP contribution is -2.03. The lowest BCUT2D eigenvalue weighted by atomic mass is 10.2. The fourth-order valence-corrected chi connectivity index (χ4v) is 1.45. The Labute approximate surface area is 105 Å². The van der Waals surface area contributed by atoms with Crippen LogP contribution in [-0.4, -0.2) is 26.8 Å². The Balaban J connectivity index is 2.66. The number of halogens is 1. The Morgan fingerprint density at radius 3 is 2.84 bits per heavy atom. The molecule has 0 N–H and O–H groups in total. The molecule has 0 aliphatic rings. The Bertz CT molecular complexity index is 691. The number of methoxy groups -OCH3 is 1. The second kappa shape index (κ2) is 4.69. The average molecular weight is 263 g/mol. The summed E-state index contributed by atoms with van der Waals surface area (Å²) in [6.07, 6.45) is 1.12. The van der Waals surface area contributed by atoms with Gasteiger partial charge in [0.1, 0.15) is 18.1 Å². The van der Waals surface area contributed by atoms with Gasteiger partial charge in [0, 0.05) is 6.07 Å². The predicted molar refractivity (Wildman–Crippen MR) is 59.2 cm³/mol. The van der Waals surface area contributed by atoms with Crippen molar-refractivity contribution in [3.63, 3.8) is 0 Å². The minimum atomic E-state index is -0.862. The summed E-state index contributed by atoms with van der Waals surface area (Å²) in [5.41, 5.74) is -0.551. The van der Waals surface area contributed by atoms with Crippen LogP contribution < -0.4 is 4.74 Å². The van der Waals surface area contributed by atoms with Crippen molar-refractivity contribution in [1.29, 1.82) is 5.26 Å². The molecule has 2 rings (SSSR count). The van der Waals surface area contributed by atoms with Crippen molar-refractivity contribution in [1.82, 2.24) is 14.8 Å². The van der Waals surface area contributed by atoms with Crippen molar-refractivity contribution in [2.24, 2.45) is 0 Å². The number of nitro groups is 1. The van der Waals surface area contributed by atoms with Crippen molar-refractivity contribution in [2.45, 2.75) is 0 Å². The minimum absolute atomic E-state index is 0.0442. The third-order valence-corrected chi connectivity index (χ3v) is 2.28. The van der Waals surface area contributed by atoms with Crippen molar-refractivity contribution in [2.75, 3.05) is 7.11 Å². The van der Waals surface area contributed by atoms with Gasteiger partial charge in [0.15, 0.2) is 11.6 Å². The average Bonchev–Trinajstić information content (AvgIpc) is 2.87. The van der Waals surface area contributed by atoms with E-state index in [4.69, 9.17) is 10.00 Å². The SMILES string of the molecule is COc1cc(-n2cnc(C#N)n2)c([N+](=O)[O-])cc1F. The summed E-state index contributed by atoms with van der Waals surface area (Å²) in [7, 11) is 1.23. The van der Waals surface area contributed by atoms with Gasteiger partial charge in [-0.25, -0.2) is 14.1 Å². The van der Waals surface area contributed by atoms with Crippen molar-refractivity contribution in [3.05, 3.63) is 40.2 Å². The maximum atomic E-state index is 13.5. The topological polar surface area (TPSA) is 107 Å². The van der Waals surface area contributed by atoms with E-state index >= 15 is 0 Å². The van der Waals surface area contributed by atoms with Gasteiger partial charge in [-0.3, -0.25) is 10.1 Å². The highest BCUT2D eigenvalue weighted by Crippen LogP contribution is 2.29. The fourth-order valence-electron chi connectivity index (χ4n) is 1.45. The van der Waals surface area contributed by atoms with Gasteiger partial charge in [-0.05, 0) is 0 Å². The van der Waals surface area contributed by atoms with Gasteiger partial charge in [0.25, 0.3) is 11.5 Å². The summed E-state index contributed by atoms with van der Waals surface area (Å²) in [6, 6.07) is 3.53. The van der Waals surface area contributed by atoms with Gasteiger partial charge in [-0.1, -0.05) is 0 Å². The number of nitriles is 1. The molecule has 8 nitrogen and oxygen atoms in total. The molecule has 96 valence electrons. The van der Waals surface area contributed by atoms with Crippen molar-refractivity contribution in [3.8, 4) is 17.5 Å². The quantitative estimate of drug-likeness (QED) is 0.608. The molecular formula is C10H6FN5O3. The lowest BCUT2D eigenvalue weighted by molar-refractivity contribution is -0.384. The summed E-state index contributed by atoms with van der Waals surface area (Å²) >= 11 is 0. The molecule has 1 heterocycles. The van der Waals surface area contributed by atoms with Crippen molar-refractivity contribution >= 4 is 5.69 Å². The Morgan fingerprint density at radius 1 is 1.58 bits per heavy atom. The zero-order valence-corrected chi connectivity index (χ0v) is 9.57. The molecule has 9 heteroatoms. The van der Waals surface area contributed by atoms with Gasteiger partial charge in [-0.2, -0.15) is 5.26 Å². The number of rotatable bonds is 3. The highest BCUT2D eigenvalue weighted by atomic mass is 19.1. The van der Waals surface area contributed by atoms with Crippen LogP contribution >= 0.6 is 0 Å². The van der Waals surface area contributed by atoms with Crippen molar-refractivity contribution < 1.29 is 14.1 Å². The predicted octanol–water partition coefficient (Wildman–Crippen LogP) is 1.19. The Morgan fingerprint density at radius 2 is 2.32 bits per heavy atom. The molecule has 0 amide bonds. The molecular weight excluding hydrogens is 257 g/mol. The van der Waals surface area contributed by atoms with Crippen LogP contribution in [0.4, 0.5) is 10.1 Å². The maximum absolute atomic E-state index is 13.5. The van der Waals surface area contributed by atoms with Gasteiger partial charge in [0.2, 0.25) is 0 Å². The fraction of sp³-hybridized carbons (Fsp3) is 0.100. The number of ether oxygens (including phenoxy) is 1. The highest BCUT2D eigenvalue weighted by molar-refractivity contribution is 5.56. The van der Waals surface area contributed by atoms with E-state index < -0.39 is 16.4 Å². The second-order valence-electron chi connectivity index (χ2n) is 3.36. The van der Waals surface area contributed by atoms with E-state index in [-0.39, 0.29) is 17.3 Å². The first-order valence-corrected chi connectivity index (χ1v) is 4.91. The van der Waals surface area contributed by atoms with E-state index in [2.05, 4.69) is 10.1 Å². The summed E-state index contributed by atoms with van der Waals surface area (Å²) in [5.74, 6) is -1.19. The van der Waals surface area contributed by atoms with Crippen LogP contribution in [0.1, 0.15) is 5.82 Å². The first kappa shape index (κ1) is 12.4. The molecule has 0 spiro atoms. The first-order valence-electron chi connectivity index (χ1n) is 4.91. The zero-order valence-electron chi connectivity index (χ0n) is 9.57. The zero-order chi connectivity index (χ0) is 14.0. The largest absolute Gasteiger partial charge is 0.494 e. The molecule has 0 radical (unpaired) electrons. The van der Waals surface area contributed by atoms with Crippen LogP contribution in [0.15, 0.2) is 18.5 Å². The lowest BCUT2D eigenvalue weighted by Gasteiger charge is -2.06. The van der Waals surface area contributed by atoms with E-state index in [9.17, 15) is 14.5 Å². The van der Waals surface area contributed by atoms with E-state index in [1.54, 1.807) is 6.07 Å². The third kappa shape index (κ3) is 2.19. The summed E-state index contributed by atoms with van der Waals surface area (Å²) in [6.45, 7) is 0. The highest BCUT2D eigenvalue weighted by Gasteiger charge is 2.21. The molecule has 0 atom stereocenters. The molecule has 0 saturated heterocycles. The number of hydrogen-bond donors (Lipinski definition) is 0. The van der Waals surface area contributed by atoms with E-state index in [1.165, 1.54) is 7.11 Å². The van der Waals surface area contributed by atoms with E-state index in [1.807, 2.05) is 0 Å². The maximum Gasteiger partial charge on any atom is 0.298 e. The van der Waals surface area contributed by atoms with Gasteiger partial charge >= 0.3 is 0 Å². The minimum Gasteiger partial charge on any atom is -0.494 e. The molecule has 1 aromatic carbocycles. The monoisotopic (exact) mass is 263 g/mol. The molecule has 0 unspecified atom stereocenters. The molecule has 0 fully saturated rings. The number of benzene rings is 1. The second-order valence-corrected chi connectivity index (χ2v) is 3.36. The molecule has 0 bridgehead atoms. The van der Waals surface area contributed by atoms with Gasteiger partial charge in [-0.15, -0.1) is 5.10 Å². The van der Waals surface area contributed by atoms with Gasteiger partial charge < -0.3 is 4.74 Å². The van der Waals surface area contributed by atoms with Crippen LogP contribution in [0.25, 0.3) is 5.69 Å². The summed E-state index contributed by atoms with van der Waals surface area (Å²) in [5, 5.41) is 23.2. The molecule has 2 aromatic rings. The number of hydrogen-bond acceptors (Lipinski definition) is 6. The van der Waals surface area contributed by atoms with Crippen LogP contribution in [0.2, 0.25) is 0 Å². The Hall–Kier alpha value is -3.02. The van der Waals surface area contributed by atoms with E-state index in [0.29, 0.717) is 0 Å². The number of nitrogens with zero attached hydrogens (tertiary/aromatic N) is 5. The Kier molecular flexibility index (Phi) is 3.07. The van der Waals surface area contributed by atoms with Crippen LogP contribution in [0.3, 0.4) is 0 Å². The molecule has 0 aliphatic carbocycles. The summed E-state index contributed by atoms with van der Waals surface area (Å²) < 4.78 is 19.2. The number of aromatic nitrogens is 3. The van der Waals surface area contributed by atoms with E-state index in [0.717, 1.165) is 23.1 Å². The standard InChI is InChI=1S/C10H6FN5O3/c1-19-9-3-7(8(16(17)18)2-6(9)11)15-5-13-10(4-12)14-15/h2-3,5H,1H3. The normalized spacial score (nSPS) is 9.95. The molecule has 1 aromatic heterocycles. The third-order valence-electron chi connectivity index (χ3n) is 2.28. The smallest absolute Gasteiger partial charge is 0.298 e. The molecule has 0 aliphatic heterocycles. The number of nitro benzene ring substituents is 1. The first-order chi connectivity index (χ1) is 9.06. The molecule has 0 saturated carbocycles. The summed E-state index contributed by atoms with van der Waals surface area (Å²) in [4.78, 5) is 13.8. The van der Waals surface area contributed by atoms with Crippen LogP contribution in [0, 0.1) is 27.3 Å². The van der Waals surface area contributed by atoms with Crippen LogP contribution in [0.5, 0.6) is 5.75 Å². The van der Waals surface area contributed by atoms with Crippen LogP contribution in [-0.2, 0) is 0 Å².